The van der Waals surface area contributed by atoms with Crippen LogP contribution in [0.15, 0.2) is 30.3 Å². The average Bonchev–Trinajstić information content (AvgIpc) is 3.41. The highest BCUT2D eigenvalue weighted by Crippen LogP contribution is 2.31. The highest BCUT2D eigenvalue weighted by atomic mass is 16.5. The van der Waals surface area contributed by atoms with Crippen LogP contribution >= 0.6 is 0 Å². The Morgan fingerprint density at radius 3 is 2.67 bits per heavy atom. The van der Waals surface area contributed by atoms with Gasteiger partial charge in [0.25, 0.3) is 5.91 Å². The summed E-state index contributed by atoms with van der Waals surface area (Å²) in [7, 11) is 1.58. The Labute approximate surface area is 174 Å². The second-order valence-corrected chi connectivity index (χ2v) is 7.78. The molecule has 30 heavy (non-hydrogen) atoms. The lowest BCUT2D eigenvalue weighted by Gasteiger charge is -2.33. The van der Waals surface area contributed by atoms with E-state index in [1.165, 1.54) is 0 Å². The van der Waals surface area contributed by atoms with Crippen molar-refractivity contribution in [2.24, 2.45) is 11.7 Å². The molecule has 2 saturated heterocycles. The number of amides is 3. The number of anilines is 1. The third kappa shape index (κ3) is 3.87. The molecule has 9 nitrogen and oxygen atoms in total. The molecule has 3 heterocycles. The second-order valence-electron chi connectivity index (χ2n) is 7.78. The summed E-state index contributed by atoms with van der Waals surface area (Å²) >= 11 is 0. The van der Waals surface area contributed by atoms with Gasteiger partial charge in [-0.05, 0) is 31.0 Å². The fourth-order valence-electron chi connectivity index (χ4n) is 4.24. The van der Waals surface area contributed by atoms with Gasteiger partial charge in [0, 0.05) is 49.4 Å². The predicted octanol–water partition coefficient (Wildman–Crippen LogP) is 1.28. The number of likely N-dealkylation sites (tertiary alicyclic amines) is 1. The molecular weight excluding hydrogens is 386 g/mol. The zero-order chi connectivity index (χ0) is 21.3. The monoisotopic (exact) mass is 411 g/mol. The second kappa shape index (κ2) is 8.17. The number of carbonyl (C=O) groups is 3. The van der Waals surface area contributed by atoms with Crippen molar-refractivity contribution in [1.82, 2.24) is 15.1 Å². The lowest BCUT2D eigenvalue weighted by Crippen LogP contribution is -2.42. The Kier molecular flexibility index (Phi) is 5.43. The first-order chi connectivity index (χ1) is 14.5. The van der Waals surface area contributed by atoms with E-state index in [4.69, 9.17) is 10.5 Å². The molecule has 2 aliphatic heterocycles. The van der Waals surface area contributed by atoms with Gasteiger partial charge < -0.3 is 20.3 Å². The molecule has 3 amide bonds. The van der Waals surface area contributed by atoms with Gasteiger partial charge in [-0.25, -0.2) is 0 Å². The molecule has 1 unspecified atom stereocenters. The zero-order valence-electron chi connectivity index (χ0n) is 16.8. The number of benzene rings is 1. The summed E-state index contributed by atoms with van der Waals surface area (Å²) in [6.07, 6.45) is 1.76. The molecule has 2 aromatic rings. The van der Waals surface area contributed by atoms with Crippen molar-refractivity contribution in [2.45, 2.75) is 25.2 Å². The summed E-state index contributed by atoms with van der Waals surface area (Å²) in [6.45, 7) is 1.60. The third-order valence-corrected chi connectivity index (χ3v) is 5.94. The number of nitrogens with one attached hydrogen (secondary N) is 1. The van der Waals surface area contributed by atoms with E-state index in [0.717, 1.165) is 24.2 Å². The minimum atomic E-state index is -0.559. The van der Waals surface area contributed by atoms with Crippen molar-refractivity contribution < 1.29 is 19.1 Å². The van der Waals surface area contributed by atoms with Gasteiger partial charge >= 0.3 is 0 Å². The fraction of sp³-hybridized carbons (Fsp3) is 0.429. The minimum absolute atomic E-state index is 0.0228. The number of ether oxygens (including phenoxy) is 1. The smallest absolute Gasteiger partial charge is 0.269 e. The number of aromatic amines is 1. The molecule has 0 spiro atoms. The summed E-state index contributed by atoms with van der Waals surface area (Å²) in [5.74, 6) is -0.0448. The number of nitrogens with zero attached hydrogens (tertiary/aromatic N) is 3. The Bertz CT molecular complexity index is 964. The van der Waals surface area contributed by atoms with E-state index in [9.17, 15) is 14.4 Å². The zero-order valence-corrected chi connectivity index (χ0v) is 16.8. The van der Waals surface area contributed by atoms with E-state index >= 15 is 0 Å². The van der Waals surface area contributed by atoms with Crippen LogP contribution < -0.4 is 15.4 Å². The van der Waals surface area contributed by atoms with Crippen LogP contribution in [0.25, 0.3) is 0 Å². The van der Waals surface area contributed by atoms with Gasteiger partial charge in [0.1, 0.15) is 11.4 Å². The highest BCUT2D eigenvalue weighted by molar-refractivity contribution is 6.00. The lowest BCUT2D eigenvalue weighted by atomic mass is 9.92. The van der Waals surface area contributed by atoms with Crippen molar-refractivity contribution in [3.63, 3.8) is 0 Å². The van der Waals surface area contributed by atoms with E-state index in [-0.39, 0.29) is 35.8 Å². The van der Waals surface area contributed by atoms with Crippen molar-refractivity contribution in [2.75, 3.05) is 31.6 Å². The van der Waals surface area contributed by atoms with E-state index in [1.54, 1.807) is 24.1 Å². The van der Waals surface area contributed by atoms with Crippen LogP contribution in [-0.4, -0.2) is 59.6 Å². The summed E-state index contributed by atoms with van der Waals surface area (Å²) in [5.41, 5.74) is 7.10. The van der Waals surface area contributed by atoms with E-state index in [2.05, 4.69) is 10.2 Å². The van der Waals surface area contributed by atoms with Crippen LogP contribution in [-0.2, 0) is 9.59 Å². The number of methoxy groups -OCH3 is 1. The average molecular weight is 411 g/mol. The molecule has 2 fully saturated rings. The van der Waals surface area contributed by atoms with Crippen LogP contribution in [0.4, 0.5) is 5.69 Å². The van der Waals surface area contributed by atoms with E-state index < -0.39 is 5.91 Å². The molecule has 0 radical (unpaired) electrons. The molecule has 1 atom stereocenters. The predicted molar refractivity (Wildman–Crippen MR) is 109 cm³/mol. The molecular formula is C21H25N5O4. The minimum Gasteiger partial charge on any atom is -0.497 e. The number of H-pyrrole nitrogens is 1. The van der Waals surface area contributed by atoms with Gasteiger partial charge in [0.15, 0.2) is 0 Å². The van der Waals surface area contributed by atoms with Gasteiger partial charge in [-0.3, -0.25) is 19.5 Å². The number of hydrogen-bond acceptors (Lipinski definition) is 5. The SMILES string of the molecule is COc1cccc(N2CC(C(=O)N3CCC(c4cc(C(N)=O)n[nH]4)CC3)CC2=O)c1. The summed E-state index contributed by atoms with van der Waals surface area (Å²) in [6, 6.07) is 9.00. The Morgan fingerprint density at radius 1 is 1.23 bits per heavy atom. The fourth-order valence-corrected chi connectivity index (χ4v) is 4.24. The first-order valence-corrected chi connectivity index (χ1v) is 10.0. The van der Waals surface area contributed by atoms with E-state index in [0.29, 0.717) is 25.4 Å². The number of carbonyl (C=O) groups excluding carboxylic acids is 3. The quantitative estimate of drug-likeness (QED) is 0.767. The van der Waals surface area contributed by atoms with Crippen LogP contribution in [0, 0.1) is 5.92 Å². The summed E-state index contributed by atoms with van der Waals surface area (Å²) in [4.78, 5) is 40.3. The standard InChI is InChI=1S/C21H25N5O4/c1-30-16-4-2-3-15(10-16)26-12-14(9-19(26)27)21(29)25-7-5-13(6-8-25)17-11-18(20(22)28)24-23-17/h2-4,10-11,13-14H,5-9,12H2,1H3,(H2,22,28)(H,23,24). The van der Waals surface area contributed by atoms with Gasteiger partial charge in [-0.2, -0.15) is 5.10 Å². The maximum atomic E-state index is 13.0. The van der Waals surface area contributed by atoms with E-state index in [1.807, 2.05) is 23.1 Å². The van der Waals surface area contributed by atoms with Crippen molar-refractivity contribution in [1.29, 1.82) is 0 Å². The maximum Gasteiger partial charge on any atom is 0.269 e. The maximum absolute atomic E-state index is 13.0. The molecule has 3 N–H and O–H groups in total. The van der Waals surface area contributed by atoms with Crippen molar-refractivity contribution >= 4 is 23.4 Å². The lowest BCUT2D eigenvalue weighted by molar-refractivity contribution is -0.136. The molecule has 1 aromatic heterocycles. The molecule has 9 heteroatoms. The largest absolute Gasteiger partial charge is 0.497 e. The van der Waals surface area contributed by atoms with Gasteiger partial charge in [0.2, 0.25) is 11.8 Å². The summed E-state index contributed by atoms with van der Waals surface area (Å²) < 4.78 is 5.23. The first kappa shape index (κ1) is 19.9. The number of piperidine rings is 1. The van der Waals surface area contributed by atoms with Crippen molar-refractivity contribution in [3.8, 4) is 5.75 Å². The highest BCUT2D eigenvalue weighted by Gasteiger charge is 2.38. The first-order valence-electron chi connectivity index (χ1n) is 10.0. The van der Waals surface area contributed by atoms with Crippen LogP contribution in [0.2, 0.25) is 0 Å². The molecule has 4 rings (SSSR count). The Hall–Kier alpha value is -3.36. The molecule has 158 valence electrons. The topological polar surface area (TPSA) is 122 Å². The number of aromatic nitrogens is 2. The number of primary amides is 1. The van der Waals surface area contributed by atoms with Gasteiger partial charge in [-0.1, -0.05) is 6.07 Å². The number of hydrogen-bond donors (Lipinski definition) is 2. The molecule has 2 aliphatic rings. The van der Waals surface area contributed by atoms with Crippen LogP contribution in [0.3, 0.4) is 0 Å². The molecule has 0 saturated carbocycles. The van der Waals surface area contributed by atoms with Gasteiger partial charge in [0.05, 0.1) is 13.0 Å². The Morgan fingerprint density at radius 2 is 2.00 bits per heavy atom. The third-order valence-electron chi connectivity index (χ3n) is 5.94. The number of nitrogens with two attached hydrogens (primary N) is 1. The van der Waals surface area contributed by atoms with Crippen molar-refractivity contribution in [3.05, 3.63) is 41.7 Å². The normalized spacial score (nSPS) is 19.9. The molecule has 0 bridgehead atoms. The Balaban J connectivity index is 1.36. The van der Waals surface area contributed by atoms with Crippen LogP contribution in [0.1, 0.15) is 41.4 Å². The van der Waals surface area contributed by atoms with Crippen LogP contribution in [0.5, 0.6) is 5.75 Å². The summed E-state index contributed by atoms with van der Waals surface area (Å²) in [5, 5.41) is 6.81. The number of rotatable bonds is 5. The molecule has 0 aliphatic carbocycles. The molecule has 1 aromatic carbocycles. The van der Waals surface area contributed by atoms with Gasteiger partial charge in [-0.15, -0.1) is 0 Å².